The Bertz CT molecular complexity index is 898. The monoisotopic (exact) mass is 387 g/mol. The van der Waals surface area contributed by atoms with Crippen LogP contribution in [0.1, 0.15) is 29.2 Å². The summed E-state index contributed by atoms with van der Waals surface area (Å²) in [5.74, 6) is -0.604. The van der Waals surface area contributed by atoms with Gasteiger partial charge in [-0.3, -0.25) is 9.59 Å². The lowest BCUT2D eigenvalue weighted by Crippen LogP contribution is -2.41. The topological polar surface area (TPSA) is 76.1 Å². The first-order valence-electron chi connectivity index (χ1n) is 8.93. The molecule has 0 fully saturated rings. The Kier molecular flexibility index (Phi) is 5.82. The smallest absolute Gasteiger partial charge is 0.305 e. The van der Waals surface area contributed by atoms with Crippen molar-refractivity contribution in [2.24, 2.45) is 0 Å². The molecule has 6 nitrogen and oxygen atoms in total. The van der Waals surface area contributed by atoms with Gasteiger partial charge in [0.25, 0.3) is 0 Å². The van der Waals surface area contributed by atoms with Gasteiger partial charge < -0.3 is 19.5 Å². The fraction of sp³-hybridized carbons (Fsp3) is 0.333. The molecule has 1 heterocycles. The second kappa shape index (κ2) is 8.29. The number of halogens is 1. The molecule has 0 aliphatic carbocycles. The van der Waals surface area contributed by atoms with Crippen molar-refractivity contribution < 1.29 is 28.6 Å². The minimum atomic E-state index is -1.00. The van der Waals surface area contributed by atoms with Gasteiger partial charge in [0.15, 0.2) is 11.5 Å². The van der Waals surface area contributed by atoms with Crippen LogP contribution in [0.4, 0.5) is 4.39 Å². The number of hydrogen-bond donors (Lipinski definition) is 1. The minimum absolute atomic E-state index is 0.0104. The van der Waals surface area contributed by atoms with E-state index < -0.39 is 17.8 Å². The average molecular weight is 387 g/mol. The Labute approximate surface area is 162 Å². The summed E-state index contributed by atoms with van der Waals surface area (Å²) in [7, 11) is 3.04. The second-order valence-corrected chi connectivity index (χ2v) is 6.66. The van der Waals surface area contributed by atoms with E-state index in [0.717, 1.165) is 11.1 Å². The van der Waals surface area contributed by atoms with Gasteiger partial charge in [-0.1, -0.05) is 12.1 Å². The van der Waals surface area contributed by atoms with Crippen molar-refractivity contribution in [2.45, 2.75) is 25.3 Å². The number of rotatable bonds is 6. The molecular weight excluding hydrogens is 365 g/mol. The van der Waals surface area contributed by atoms with Gasteiger partial charge in [-0.25, -0.2) is 4.39 Å². The number of methoxy groups -OCH3 is 2. The summed E-state index contributed by atoms with van der Waals surface area (Å²) in [5.41, 5.74) is 2.22. The van der Waals surface area contributed by atoms with Gasteiger partial charge >= 0.3 is 5.97 Å². The number of nitrogens with zero attached hydrogens (tertiary/aromatic N) is 1. The van der Waals surface area contributed by atoms with Crippen LogP contribution in [0.2, 0.25) is 0 Å². The fourth-order valence-electron chi connectivity index (χ4n) is 3.64. The molecule has 0 spiro atoms. The molecule has 7 heteroatoms. The standard InChI is InChI=1S/C21H22FNO5/c1-27-18-10-14-6-7-23(20(24)9-13-4-3-5-15(22)8-13)17(12-21(25)26)16(14)11-19(18)28-2/h3-5,8,10-11,17H,6-7,9,12H2,1-2H3,(H,25,26). The van der Waals surface area contributed by atoms with Crippen LogP contribution in [0.25, 0.3) is 0 Å². The molecule has 2 aromatic rings. The van der Waals surface area contributed by atoms with E-state index in [1.807, 2.05) is 6.07 Å². The summed E-state index contributed by atoms with van der Waals surface area (Å²) in [6, 6.07) is 8.81. The van der Waals surface area contributed by atoms with Crippen molar-refractivity contribution in [1.29, 1.82) is 0 Å². The SMILES string of the molecule is COc1cc2c(cc1OC)C(CC(=O)O)N(C(=O)Cc1cccc(F)c1)CC2. The molecular formula is C21H22FNO5. The molecule has 2 aromatic carbocycles. The number of carbonyl (C=O) groups is 2. The zero-order valence-corrected chi connectivity index (χ0v) is 15.8. The van der Waals surface area contributed by atoms with E-state index in [0.29, 0.717) is 30.0 Å². The third-order valence-corrected chi connectivity index (χ3v) is 4.94. The lowest BCUT2D eigenvalue weighted by Gasteiger charge is -2.37. The van der Waals surface area contributed by atoms with E-state index in [2.05, 4.69) is 0 Å². The van der Waals surface area contributed by atoms with Crippen molar-refractivity contribution in [3.63, 3.8) is 0 Å². The first kappa shape index (κ1) is 19.7. The highest BCUT2D eigenvalue weighted by molar-refractivity contribution is 5.81. The molecule has 0 saturated carbocycles. The lowest BCUT2D eigenvalue weighted by atomic mass is 9.89. The molecule has 1 N–H and O–H groups in total. The van der Waals surface area contributed by atoms with Crippen molar-refractivity contribution in [2.75, 3.05) is 20.8 Å². The summed E-state index contributed by atoms with van der Waals surface area (Å²) in [5, 5.41) is 9.40. The van der Waals surface area contributed by atoms with Crippen molar-refractivity contribution in [3.05, 3.63) is 58.9 Å². The van der Waals surface area contributed by atoms with Gasteiger partial charge in [0.2, 0.25) is 5.91 Å². The molecule has 1 amide bonds. The van der Waals surface area contributed by atoms with E-state index in [4.69, 9.17) is 9.47 Å². The van der Waals surface area contributed by atoms with Crippen LogP contribution in [0.5, 0.6) is 11.5 Å². The molecule has 3 rings (SSSR count). The van der Waals surface area contributed by atoms with Gasteiger partial charge in [-0.15, -0.1) is 0 Å². The zero-order valence-electron chi connectivity index (χ0n) is 15.8. The van der Waals surface area contributed by atoms with E-state index in [9.17, 15) is 19.1 Å². The zero-order chi connectivity index (χ0) is 20.3. The number of ether oxygens (including phenoxy) is 2. The van der Waals surface area contributed by atoms with Crippen LogP contribution >= 0.6 is 0 Å². The molecule has 0 saturated heterocycles. The molecule has 1 aliphatic heterocycles. The molecule has 148 valence electrons. The Morgan fingerprint density at radius 2 is 1.89 bits per heavy atom. The highest BCUT2D eigenvalue weighted by atomic mass is 19.1. The first-order chi connectivity index (χ1) is 13.4. The maximum absolute atomic E-state index is 13.4. The molecule has 1 atom stereocenters. The summed E-state index contributed by atoms with van der Waals surface area (Å²) in [4.78, 5) is 26.0. The van der Waals surface area contributed by atoms with Crippen LogP contribution in [-0.2, 0) is 22.4 Å². The lowest BCUT2D eigenvalue weighted by molar-refractivity contribution is -0.141. The number of carbonyl (C=O) groups excluding carboxylic acids is 1. The Hall–Kier alpha value is -3.09. The molecule has 28 heavy (non-hydrogen) atoms. The van der Waals surface area contributed by atoms with Crippen LogP contribution in [0.3, 0.4) is 0 Å². The van der Waals surface area contributed by atoms with E-state index in [1.54, 1.807) is 23.1 Å². The van der Waals surface area contributed by atoms with Gasteiger partial charge in [-0.05, 0) is 47.4 Å². The Morgan fingerprint density at radius 1 is 1.18 bits per heavy atom. The average Bonchev–Trinajstić information content (AvgIpc) is 2.66. The summed E-state index contributed by atoms with van der Waals surface area (Å²) < 4.78 is 24.1. The maximum atomic E-state index is 13.4. The number of carboxylic acids is 1. The predicted octanol–water partition coefficient (Wildman–Crippen LogP) is 2.99. The molecule has 1 unspecified atom stereocenters. The maximum Gasteiger partial charge on any atom is 0.305 e. The highest BCUT2D eigenvalue weighted by Crippen LogP contribution is 2.39. The number of amides is 1. The van der Waals surface area contributed by atoms with Crippen LogP contribution in [-0.4, -0.2) is 42.6 Å². The van der Waals surface area contributed by atoms with Crippen LogP contribution in [0.15, 0.2) is 36.4 Å². The van der Waals surface area contributed by atoms with E-state index >= 15 is 0 Å². The van der Waals surface area contributed by atoms with Crippen LogP contribution < -0.4 is 9.47 Å². The largest absolute Gasteiger partial charge is 0.493 e. The van der Waals surface area contributed by atoms with Gasteiger partial charge in [0.05, 0.1) is 33.1 Å². The second-order valence-electron chi connectivity index (χ2n) is 6.66. The van der Waals surface area contributed by atoms with Gasteiger partial charge in [-0.2, -0.15) is 0 Å². The van der Waals surface area contributed by atoms with Crippen LogP contribution in [0, 0.1) is 5.82 Å². The first-order valence-corrected chi connectivity index (χ1v) is 8.93. The Morgan fingerprint density at radius 3 is 2.54 bits per heavy atom. The normalized spacial score (nSPS) is 15.7. The molecule has 0 radical (unpaired) electrons. The highest BCUT2D eigenvalue weighted by Gasteiger charge is 2.33. The predicted molar refractivity (Wildman–Crippen MR) is 100 cm³/mol. The number of carboxylic acid groups (broad SMARTS) is 1. The number of benzene rings is 2. The minimum Gasteiger partial charge on any atom is -0.493 e. The third kappa shape index (κ3) is 4.08. The van der Waals surface area contributed by atoms with Gasteiger partial charge in [0.1, 0.15) is 5.82 Å². The third-order valence-electron chi connectivity index (χ3n) is 4.94. The molecule has 1 aliphatic rings. The fourth-order valence-corrected chi connectivity index (χ4v) is 3.64. The van der Waals surface area contributed by atoms with Crippen molar-refractivity contribution >= 4 is 11.9 Å². The quantitative estimate of drug-likeness (QED) is 0.825. The molecule has 0 aromatic heterocycles. The van der Waals surface area contributed by atoms with Crippen molar-refractivity contribution in [1.82, 2.24) is 4.90 Å². The van der Waals surface area contributed by atoms with Gasteiger partial charge in [0, 0.05) is 6.54 Å². The summed E-state index contributed by atoms with van der Waals surface area (Å²) in [6.45, 7) is 0.384. The Balaban J connectivity index is 1.94. The van der Waals surface area contributed by atoms with Crippen molar-refractivity contribution in [3.8, 4) is 11.5 Å². The summed E-state index contributed by atoms with van der Waals surface area (Å²) in [6.07, 6.45) is 0.356. The number of aliphatic carboxylic acids is 1. The number of fused-ring (bicyclic) bond motifs is 1. The van der Waals surface area contributed by atoms with E-state index in [1.165, 1.54) is 26.4 Å². The summed E-state index contributed by atoms with van der Waals surface area (Å²) >= 11 is 0. The van der Waals surface area contributed by atoms with E-state index in [-0.39, 0.29) is 18.7 Å². The molecule has 0 bridgehead atoms. The number of hydrogen-bond acceptors (Lipinski definition) is 4.